The number of fused-ring (bicyclic) bond motifs is 7. The van der Waals surface area contributed by atoms with Crippen LogP contribution in [0.15, 0.2) is 11.6 Å². The molecule has 0 aromatic heterocycles. The average Bonchev–Trinajstić information content (AvgIpc) is 2.75. The van der Waals surface area contributed by atoms with Crippen LogP contribution < -0.4 is 0 Å². The Bertz CT molecular complexity index is 923. The van der Waals surface area contributed by atoms with Crippen molar-refractivity contribution in [3.05, 3.63) is 11.6 Å². The Morgan fingerprint density at radius 3 is 2.31 bits per heavy atom. The predicted molar refractivity (Wildman–Crippen MR) is 139 cm³/mol. The number of carboxylic acid groups (broad SMARTS) is 1. The third-order valence-corrected chi connectivity index (χ3v) is 13.6. The van der Waals surface area contributed by atoms with E-state index in [0.717, 1.165) is 44.9 Å². The molecule has 0 aliphatic heterocycles. The first-order valence-electron chi connectivity index (χ1n) is 14.4. The second-order valence-electron chi connectivity index (χ2n) is 15.1. The van der Waals surface area contributed by atoms with Gasteiger partial charge in [-0.3, -0.25) is 4.79 Å². The molecule has 0 radical (unpaired) electrons. The molecule has 0 saturated heterocycles. The molecule has 0 spiro atoms. The molecular formula is C31H50O4. The maximum absolute atomic E-state index is 12.1. The Hall–Kier alpha value is -0.870. The van der Waals surface area contributed by atoms with Gasteiger partial charge < -0.3 is 15.3 Å². The molecule has 4 fully saturated rings. The van der Waals surface area contributed by atoms with E-state index in [1.807, 2.05) is 0 Å². The molecule has 0 heterocycles. The zero-order chi connectivity index (χ0) is 25.8. The van der Waals surface area contributed by atoms with E-state index in [9.17, 15) is 20.1 Å². The lowest BCUT2D eigenvalue weighted by Crippen LogP contribution is -2.67. The molecule has 3 N–H and O–H groups in total. The summed E-state index contributed by atoms with van der Waals surface area (Å²) in [6.07, 6.45) is 9.78. The lowest BCUT2D eigenvalue weighted by molar-refractivity contribution is -0.232. The Morgan fingerprint density at radius 2 is 1.66 bits per heavy atom. The second kappa shape index (κ2) is 7.82. The largest absolute Gasteiger partial charge is 0.481 e. The van der Waals surface area contributed by atoms with Crippen LogP contribution in [0.3, 0.4) is 0 Å². The van der Waals surface area contributed by atoms with E-state index in [0.29, 0.717) is 42.4 Å². The molecule has 0 bridgehead atoms. The van der Waals surface area contributed by atoms with Gasteiger partial charge in [0.2, 0.25) is 0 Å². The van der Waals surface area contributed by atoms with Crippen molar-refractivity contribution < 1.29 is 20.1 Å². The Balaban J connectivity index is 1.60. The van der Waals surface area contributed by atoms with Crippen LogP contribution in [0, 0.1) is 56.7 Å². The van der Waals surface area contributed by atoms with Gasteiger partial charge in [-0.05, 0) is 108 Å². The number of hydrogen-bond donors (Lipinski definition) is 3. The fraction of sp³-hybridized carbons (Fsp3) is 0.903. The topological polar surface area (TPSA) is 77.8 Å². The molecule has 35 heavy (non-hydrogen) atoms. The maximum Gasteiger partial charge on any atom is 0.303 e. The summed E-state index contributed by atoms with van der Waals surface area (Å²) in [5.41, 5.74) is 1.36. The number of aliphatic hydroxyl groups excluding tert-OH is 2. The van der Waals surface area contributed by atoms with E-state index in [1.165, 1.54) is 0 Å². The monoisotopic (exact) mass is 486 g/mol. The van der Waals surface area contributed by atoms with Gasteiger partial charge in [0.1, 0.15) is 0 Å². The minimum absolute atomic E-state index is 0.0126. The molecule has 11 atom stereocenters. The molecule has 5 aliphatic carbocycles. The van der Waals surface area contributed by atoms with Crippen molar-refractivity contribution in [3.63, 3.8) is 0 Å². The molecule has 4 heteroatoms. The smallest absolute Gasteiger partial charge is 0.303 e. The molecule has 0 aromatic carbocycles. The lowest BCUT2D eigenvalue weighted by atomic mass is 9.33. The minimum Gasteiger partial charge on any atom is -0.481 e. The number of allylic oxidation sites excluding steroid dienone is 2. The molecule has 0 unspecified atom stereocenters. The Morgan fingerprint density at radius 1 is 0.971 bits per heavy atom. The van der Waals surface area contributed by atoms with E-state index in [2.05, 4.69) is 54.5 Å². The number of aliphatic carboxylic acids is 1. The third-order valence-electron chi connectivity index (χ3n) is 13.6. The molecule has 4 nitrogen and oxygen atoms in total. The van der Waals surface area contributed by atoms with Crippen LogP contribution in [-0.2, 0) is 4.79 Å². The molecule has 5 rings (SSSR count). The van der Waals surface area contributed by atoms with Gasteiger partial charge in [-0.15, -0.1) is 0 Å². The molecule has 5 aliphatic rings. The van der Waals surface area contributed by atoms with E-state index in [4.69, 9.17) is 0 Å². The van der Waals surface area contributed by atoms with Gasteiger partial charge in [0.15, 0.2) is 0 Å². The summed E-state index contributed by atoms with van der Waals surface area (Å²) >= 11 is 0. The second-order valence-corrected chi connectivity index (χ2v) is 15.1. The fourth-order valence-electron chi connectivity index (χ4n) is 11.4. The van der Waals surface area contributed by atoms with Crippen molar-refractivity contribution >= 4 is 5.97 Å². The van der Waals surface area contributed by atoms with Gasteiger partial charge in [-0.25, -0.2) is 0 Å². The van der Waals surface area contributed by atoms with Crippen molar-refractivity contribution in [1.82, 2.24) is 0 Å². The molecule has 4 saturated carbocycles. The van der Waals surface area contributed by atoms with E-state index >= 15 is 0 Å². The van der Waals surface area contributed by atoms with Crippen LogP contribution in [0.25, 0.3) is 0 Å². The maximum atomic E-state index is 12.1. The standard InChI is InChI=1S/C31H50O4/c1-18-10-13-31(17-24(33)34)15-14-29(6)20(25(31)19(18)2)8-9-23-28(5)16-21(32)26(35)27(3,4)22(28)11-12-30(23,29)7/h8,18-19,21-23,25-26,32,35H,9-17H2,1-7H3,(H,33,34)/t18-,19+,21-,22+,23-,25+,26+,28+,29-,30-,31-/m1/s1. The van der Waals surface area contributed by atoms with Crippen LogP contribution in [0.5, 0.6) is 0 Å². The van der Waals surface area contributed by atoms with Crippen LogP contribution in [0.1, 0.15) is 106 Å². The SMILES string of the molecule is C[C@H]1[C@H](C)CC[C@]2(CC(=O)O)CC[C@]3(C)C(=CC[C@@H]4[C@@]5(C)C[C@@H](O)[C@H](O)C(C)(C)[C@@H]5CC[C@]43C)[C@H]12. The normalized spacial score (nSPS) is 55.0. The van der Waals surface area contributed by atoms with Crippen molar-refractivity contribution in [2.24, 2.45) is 56.7 Å². The highest BCUT2D eigenvalue weighted by Gasteiger charge is 2.69. The van der Waals surface area contributed by atoms with E-state index in [1.54, 1.807) is 5.57 Å². The molecular weight excluding hydrogens is 436 g/mol. The van der Waals surface area contributed by atoms with Crippen LogP contribution in [-0.4, -0.2) is 33.5 Å². The van der Waals surface area contributed by atoms with E-state index in [-0.39, 0.29) is 27.1 Å². The van der Waals surface area contributed by atoms with E-state index < -0.39 is 18.2 Å². The lowest BCUT2D eigenvalue weighted by Gasteiger charge is -2.72. The summed E-state index contributed by atoms with van der Waals surface area (Å²) in [7, 11) is 0. The molecule has 198 valence electrons. The number of rotatable bonds is 2. The number of carboxylic acids is 1. The highest BCUT2D eigenvalue weighted by atomic mass is 16.4. The zero-order valence-corrected chi connectivity index (χ0v) is 23.2. The fourth-order valence-corrected chi connectivity index (χ4v) is 11.4. The van der Waals surface area contributed by atoms with Gasteiger partial charge in [0, 0.05) is 0 Å². The minimum atomic E-state index is -0.666. The third kappa shape index (κ3) is 3.20. The zero-order valence-electron chi connectivity index (χ0n) is 23.2. The molecule has 0 amide bonds. The number of aliphatic hydroxyl groups is 2. The first-order chi connectivity index (χ1) is 16.1. The summed E-state index contributed by atoms with van der Waals surface area (Å²) < 4.78 is 0. The highest BCUT2D eigenvalue weighted by molar-refractivity contribution is 5.68. The first kappa shape index (κ1) is 25.8. The summed E-state index contributed by atoms with van der Waals surface area (Å²) in [5.74, 6) is 1.72. The van der Waals surface area contributed by atoms with Crippen LogP contribution in [0.4, 0.5) is 0 Å². The average molecular weight is 487 g/mol. The Labute approximate surface area is 213 Å². The number of hydrogen-bond acceptors (Lipinski definition) is 3. The Kier molecular flexibility index (Phi) is 5.76. The first-order valence-corrected chi connectivity index (χ1v) is 14.4. The summed E-state index contributed by atoms with van der Waals surface area (Å²) in [4.78, 5) is 12.1. The van der Waals surface area contributed by atoms with Gasteiger partial charge in [-0.2, -0.15) is 0 Å². The van der Waals surface area contributed by atoms with Crippen molar-refractivity contribution in [2.75, 3.05) is 0 Å². The number of carbonyl (C=O) groups is 1. The van der Waals surface area contributed by atoms with Crippen LogP contribution >= 0.6 is 0 Å². The summed E-state index contributed by atoms with van der Waals surface area (Å²) in [5, 5.41) is 31.9. The highest BCUT2D eigenvalue weighted by Crippen LogP contribution is 2.76. The van der Waals surface area contributed by atoms with Crippen molar-refractivity contribution in [2.45, 2.75) is 118 Å². The quantitative estimate of drug-likeness (QED) is 0.392. The molecule has 0 aromatic rings. The predicted octanol–water partition coefficient (Wildman–Crippen LogP) is 6.45. The van der Waals surface area contributed by atoms with Gasteiger partial charge in [0.05, 0.1) is 18.6 Å². The van der Waals surface area contributed by atoms with Crippen molar-refractivity contribution in [1.29, 1.82) is 0 Å². The summed E-state index contributed by atoms with van der Waals surface area (Å²) in [6.45, 7) is 16.6. The summed E-state index contributed by atoms with van der Waals surface area (Å²) in [6, 6.07) is 0. The van der Waals surface area contributed by atoms with Gasteiger partial charge in [-0.1, -0.05) is 60.1 Å². The van der Waals surface area contributed by atoms with Crippen LogP contribution in [0.2, 0.25) is 0 Å². The van der Waals surface area contributed by atoms with Crippen molar-refractivity contribution in [3.8, 4) is 0 Å². The van der Waals surface area contributed by atoms with Gasteiger partial charge >= 0.3 is 5.97 Å². The van der Waals surface area contributed by atoms with Gasteiger partial charge in [0.25, 0.3) is 0 Å².